The Balaban J connectivity index is 1.51. The van der Waals surface area contributed by atoms with Crippen LogP contribution in [0.25, 0.3) is 21.8 Å². The minimum absolute atomic E-state index is 0.254. The molecule has 0 amide bonds. The second kappa shape index (κ2) is 7.39. The number of carboxylic acid groups (broad SMARTS) is 1. The molecule has 0 radical (unpaired) electrons. The molecule has 3 rings (SSSR count). The molecule has 0 aliphatic heterocycles. The van der Waals surface area contributed by atoms with Gasteiger partial charge in [-0.2, -0.15) is 0 Å². The molecular formula is C20H23NO3. The number of aliphatic carboxylic acids is 1. The number of para-hydroxylation sites is 1. The maximum atomic E-state index is 10.7. The van der Waals surface area contributed by atoms with Crippen LogP contribution in [-0.2, 0) is 4.79 Å². The summed E-state index contributed by atoms with van der Waals surface area (Å²) in [7, 11) is 0. The second-order valence-electron chi connectivity index (χ2n) is 6.32. The molecule has 0 aliphatic carbocycles. The molecule has 126 valence electrons. The minimum atomic E-state index is -0.710. The second-order valence-corrected chi connectivity index (χ2v) is 6.32. The average molecular weight is 325 g/mol. The number of carbonyl (C=O) groups is 1. The molecule has 0 spiro atoms. The van der Waals surface area contributed by atoms with Crippen LogP contribution in [-0.4, -0.2) is 22.7 Å². The Morgan fingerprint density at radius 2 is 1.88 bits per heavy atom. The van der Waals surface area contributed by atoms with Gasteiger partial charge in [0.25, 0.3) is 0 Å². The van der Waals surface area contributed by atoms with Crippen molar-refractivity contribution in [1.82, 2.24) is 4.98 Å². The van der Waals surface area contributed by atoms with Crippen molar-refractivity contribution in [2.24, 2.45) is 5.92 Å². The first-order valence-corrected chi connectivity index (χ1v) is 8.51. The number of carboxylic acids is 1. The maximum absolute atomic E-state index is 10.7. The number of fused-ring (bicyclic) bond motifs is 3. The number of benzene rings is 2. The lowest BCUT2D eigenvalue weighted by atomic mass is 10.0. The highest BCUT2D eigenvalue weighted by Crippen LogP contribution is 2.28. The first-order valence-electron chi connectivity index (χ1n) is 8.51. The van der Waals surface area contributed by atoms with E-state index >= 15 is 0 Å². The van der Waals surface area contributed by atoms with E-state index in [1.54, 1.807) is 6.92 Å². The number of H-pyrrole nitrogens is 1. The van der Waals surface area contributed by atoms with Crippen LogP contribution < -0.4 is 4.74 Å². The standard InChI is InChI=1S/C20H23NO3/c1-14(20(22)23)7-3-2-6-12-24-15-10-11-17-16-8-4-5-9-18(16)21-19(17)13-15/h4-5,8-11,13-14,21H,2-3,6-7,12H2,1H3,(H,22,23). The molecule has 4 heteroatoms. The van der Waals surface area contributed by atoms with E-state index in [1.165, 1.54) is 10.8 Å². The molecule has 1 heterocycles. The van der Waals surface area contributed by atoms with E-state index in [0.717, 1.165) is 42.5 Å². The lowest BCUT2D eigenvalue weighted by Gasteiger charge is -2.07. The third-order valence-corrected chi connectivity index (χ3v) is 4.45. The smallest absolute Gasteiger partial charge is 0.306 e. The molecular weight excluding hydrogens is 302 g/mol. The summed E-state index contributed by atoms with van der Waals surface area (Å²) in [5, 5.41) is 11.3. The highest BCUT2D eigenvalue weighted by atomic mass is 16.5. The quantitative estimate of drug-likeness (QED) is 0.574. The van der Waals surface area contributed by atoms with Gasteiger partial charge in [0.2, 0.25) is 0 Å². The van der Waals surface area contributed by atoms with Gasteiger partial charge in [0.1, 0.15) is 5.75 Å². The molecule has 24 heavy (non-hydrogen) atoms. The monoisotopic (exact) mass is 325 g/mol. The van der Waals surface area contributed by atoms with Gasteiger partial charge >= 0.3 is 5.97 Å². The number of hydrogen-bond donors (Lipinski definition) is 2. The van der Waals surface area contributed by atoms with Gasteiger partial charge in [0, 0.05) is 22.4 Å². The van der Waals surface area contributed by atoms with Gasteiger partial charge in [0.15, 0.2) is 0 Å². The Hall–Kier alpha value is -2.49. The minimum Gasteiger partial charge on any atom is -0.494 e. The molecule has 4 nitrogen and oxygen atoms in total. The number of rotatable bonds is 8. The van der Waals surface area contributed by atoms with E-state index in [1.807, 2.05) is 24.3 Å². The fraction of sp³-hybridized carbons (Fsp3) is 0.350. The third kappa shape index (κ3) is 3.70. The molecule has 2 N–H and O–H groups in total. The van der Waals surface area contributed by atoms with E-state index in [0.29, 0.717) is 6.61 Å². The van der Waals surface area contributed by atoms with Gasteiger partial charge in [-0.3, -0.25) is 4.79 Å². The number of aromatic amines is 1. The predicted molar refractivity (Wildman–Crippen MR) is 96.6 cm³/mol. The van der Waals surface area contributed by atoms with Crippen molar-refractivity contribution < 1.29 is 14.6 Å². The summed E-state index contributed by atoms with van der Waals surface area (Å²) in [6, 6.07) is 14.4. The van der Waals surface area contributed by atoms with Gasteiger partial charge < -0.3 is 14.8 Å². The van der Waals surface area contributed by atoms with Crippen LogP contribution >= 0.6 is 0 Å². The molecule has 1 atom stereocenters. The summed E-state index contributed by atoms with van der Waals surface area (Å²) in [5.41, 5.74) is 2.22. The van der Waals surface area contributed by atoms with Crippen LogP contribution in [0.3, 0.4) is 0 Å². The van der Waals surface area contributed by atoms with Gasteiger partial charge in [-0.1, -0.05) is 38.0 Å². The van der Waals surface area contributed by atoms with Crippen LogP contribution in [0.15, 0.2) is 42.5 Å². The van der Waals surface area contributed by atoms with E-state index in [9.17, 15) is 4.79 Å². The number of hydrogen-bond acceptors (Lipinski definition) is 2. The number of ether oxygens (including phenoxy) is 1. The Bertz CT molecular complexity index is 837. The van der Waals surface area contributed by atoms with Crippen molar-refractivity contribution in [2.75, 3.05) is 6.61 Å². The zero-order valence-electron chi connectivity index (χ0n) is 13.9. The van der Waals surface area contributed by atoms with Crippen molar-refractivity contribution in [3.63, 3.8) is 0 Å². The van der Waals surface area contributed by atoms with E-state index in [4.69, 9.17) is 9.84 Å². The van der Waals surface area contributed by atoms with Crippen LogP contribution in [0, 0.1) is 5.92 Å². The van der Waals surface area contributed by atoms with Crippen LogP contribution in [0.1, 0.15) is 32.6 Å². The Kier molecular flexibility index (Phi) is 5.04. The summed E-state index contributed by atoms with van der Waals surface area (Å²) in [5.74, 6) is -0.0961. The number of aromatic nitrogens is 1. The van der Waals surface area contributed by atoms with Crippen molar-refractivity contribution in [3.05, 3.63) is 42.5 Å². The summed E-state index contributed by atoms with van der Waals surface area (Å²) in [6.45, 7) is 2.42. The molecule has 1 unspecified atom stereocenters. The van der Waals surface area contributed by atoms with Gasteiger partial charge in [-0.15, -0.1) is 0 Å². The van der Waals surface area contributed by atoms with Crippen molar-refractivity contribution in [1.29, 1.82) is 0 Å². The lowest BCUT2D eigenvalue weighted by molar-refractivity contribution is -0.141. The van der Waals surface area contributed by atoms with Gasteiger partial charge in [-0.25, -0.2) is 0 Å². The van der Waals surface area contributed by atoms with Gasteiger partial charge in [0.05, 0.1) is 18.0 Å². The van der Waals surface area contributed by atoms with Crippen LogP contribution in [0.2, 0.25) is 0 Å². The SMILES string of the molecule is CC(CCCCCOc1ccc2c(c1)[nH]c1ccccc12)C(=O)O. The normalized spacial score (nSPS) is 12.5. The first-order chi connectivity index (χ1) is 11.6. The van der Waals surface area contributed by atoms with Crippen molar-refractivity contribution >= 4 is 27.8 Å². The Labute approximate surface area is 141 Å². The van der Waals surface area contributed by atoms with Crippen molar-refractivity contribution in [3.8, 4) is 5.75 Å². The van der Waals surface area contributed by atoms with Gasteiger partial charge in [-0.05, 0) is 31.0 Å². The topological polar surface area (TPSA) is 62.3 Å². The fourth-order valence-electron chi connectivity index (χ4n) is 2.97. The zero-order valence-corrected chi connectivity index (χ0v) is 13.9. The first kappa shape index (κ1) is 16.4. The van der Waals surface area contributed by atoms with Crippen molar-refractivity contribution in [2.45, 2.75) is 32.6 Å². The summed E-state index contributed by atoms with van der Waals surface area (Å²) < 4.78 is 5.83. The Morgan fingerprint density at radius 1 is 1.08 bits per heavy atom. The third-order valence-electron chi connectivity index (χ3n) is 4.45. The van der Waals surface area contributed by atoms with E-state index in [-0.39, 0.29) is 5.92 Å². The highest BCUT2D eigenvalue weighted by Gasteiger charge is 2.09. The number of unbranched alkanes of at least 4 members (excludes halogenated alkanes) is 2. The van der Waals surface area contributed by atoms with Crippen LogP contribution in [0.4, 0.5) is 0 Å². The predicted octanol–water partition coefficient (Wildman–Crippen LogP) is 4.98. The van der Waals surface area contributed by atoms with E-state index < -0.39 is 5.97 Å². The molecule has 0 aliphatic rings. The summed E-state index contributed by atoms with van der Waals surface area (Å²) in [4.78, 5) is 14.2. The number of nitrogens with one attached hydrogen (secondary N) is 1. The molecule has 0 saturated heterocycles. The molecule has 2 aromatic carbocycles. The Morgan fingerprint density at radius 3 is 2.71 bits per heavy atom. The summed E-state index contributed by atoms with van der Waals surface area (Å²) in [6.07, 6.45) is 3.59. The maximum Gasteiger partial charge on any atom is 0.306 e. The largest absolute Gasteiger partial charge is 0.494 e. The molecule has 0 fully saturated rings. The molecule has 3 aromatic rings. The lowest BCUT2D eigenvalue weighted by Crippen LogP contribution is -2.09. The molecule has 0 saturated carbocycles. The molecule has 0 bridgehead atoms. The summed E-state index contributed by atoms with van der Waals surface area (Å²) >= 11 is 0. The highest BCUT2D eigenvalue weighted by molar-refractivity contribution is 6.07. The zero-order chi connectivity index (χ0) is 16.9. The van der Waals surface area contributed by atoms with E-state index in [2.05, 4.69) is 23.2 Å². The molecule has 1 aromatic heterocycles. The van der Waals surface area contributed by atoms with Crippen LogP contribution in [0.5, 0.6) is 5.75 Å². The fourth-order valence-corrected chi connectivity index (χ4v) is 2.97. The average Bonchev–Trinajstić information content (AvgIpc) is 2.95.